The van der Waals surface area contributed by atoms with Gasteiger partial charge in [0, 0.05) is 12.1 Å². The molecule has 2 unspecified atom stereocenters. The highest BCUT2D eigenvalue weighted by Crippen LogP contribution is 2.11. The minimum Gasteiger partial charge on any atom is -0.480 e. The number of rotatable bonds is 3. The molecule has 0 aromatic carbocycles. The van der Waals surface area contributed by atoms with E-state index in [1.54, 1.807) is 0 Å². The average Bonchev–Trinajstić information content (AvgIpc) is 2.36. The van der Waals surface area contributed by atoms with Gasteiger partial charge in [0.2, 0.25) is 0 Å². The maximum atomic E-state index is 10.3. The van der Waals surface area contributed by atoms with Gasteiger partial charge < -0.3 is 15.9 Å². The number of hydrogen-bond donors (Lipinski definition) is 5. The highest BCUT2D eigenvalue weighted by atomic mass is 32.2. The van der Waals surface area contributed by atoms with Gasteiger partial charge in [-0.2, -0.15) is 0 Å². The third-order valence-electron chi connectivity index (χ3n) is 1.60. The fourth-order valence-corrected chi connectivity index (χ4v) is 1.60. The molecule has 0 saturated carbocycles. The van der Waals surface area contributed by atoms with E-state index < -0.39 is 18.2 Å². The average molecular weight is 193 g/mol. The molecule has 12 heavy (non-hydrogen) atoms. The van der Waals surface area contributed by atoms with Gasteiger partial charge in [-0.15, -0.1) is 0 Å². The molecule has 1 saturated heterocycles. The van der Waals surface area contributed by atoms with E-state index in [1.807, 2.05) is 0 Å². The van der Waals surface area contributed by atoms with E-state index in [4.69, 9.17) is 10.8 Å². The van der Waals surface area contributed by atoms with Crippen LogP contribution in [0.5, 0.6) is 0 Å². The van der Waals surface area contributed by atoms with Crippen LogP contribution in [0.1, 0.15) is 6.42 Å². The largest absolute Gasteiger partial charge is 0.480 e. The lowest BCUT2D eigenvalue weighted by atomic mass is 10.1. The van der Waals surface area contributed by atoms with Crippen LogP contribution in [0.3, 0.4) is 0 Å². The molecule has 7 heteroatoms. The Balaban J connectivity index is 2.35. The lowest BCUT2D eigenvalue weighted by Gasteiger charge is -2.14. The van der Waals surface area contributed by atoms with Gasteiger partial charge >= 0.3 is 5.97 Å². The Labute approximate surface area is 73.8 Å². The monoisotopic (exact) mass is 193 g/mol. The zero-order valence-corrected chi connectivity index (χ0v) is 7.04. The normalized spacial score (nSPS) is 31.8. The van der Waals surface area contributed by atoms with Crippen LogP contribution >= 0.6 is 12.1 Å². The zero-order valence-electron chi connectivity index (χ0n) is 6.23. The molecular weight excluding hydrogens is 182 g/mol. The standard InChI is InChI=1S/C5H11N3O3S/c6-2(5(10)11)1-3-4(9)8-12-7-3/h2-4,7-9H,1,6H2,(H,10,11)/t2-,3?,4?/m0/s1. The third-order valence-corrected chi connectivity index (χ3v) is 2.38. The Bertz CT molecular complexity index is 179. The number of carboxylic acids is 1. The first-order valence-corrected chi connectivity index (χ1v) is 4.26. The summed E-state index contributed by atoms with van der Waals surface area (Å²) in [6.45, 7) is 0. The third kappa shape index (κ3) is 2.32. The topological polar surface area (TPSA) is 108 Å². The van der Waals surface area contributed by atoms with Gasteiger partial charge in [-0.05, 0) is 6.42 Å². The van der Waals surface area contributed by atoms with E-state index >= 15 is 0 Å². The molecule has 3 atom stereocenters. The smallest absolute Gasteiger partial charge is 0.320 e. The molecule has 0 aliphatic carbocycles. The summed E-state index contributed by atoms with van der Waals surface area (Å²) in [5.41, 5.74) is 5.27. The van der Waals surface area contributed by atoms with Gasteiger partial charge in [0.05, 0.1) is 6.04 Å². The molecule has 1 rings (SSSR count). The van der Waals surface area contributed by atoms with Crippen molar-refractivity contribution in [2.45, 2.75) is 24.7 Å². The van der Waals surface area contributed by atoms with Gasteiger partial charge in [-0.3, -0.25) is 4.79 Å². The van der Waals surface area contributed by atoms with Gasteiger partial charge in [0.1, 0.15) is 12.3 Å². The second kappa shape index (κ2) is 4.06. The van der Waals surface area contributed by atoms with Crippen LogP contribution in [0.25, 0.3) is 0 Å². The second-order valence-electron chi connectivity index (χ2n) is 2.57. The molecule has 1 aliphatic rings. The first kappa shape index (κ1) is 9.75. The molecule has 0 aromatic heterocycles. The molecule has 6 nitrogen and oxygen atoms in total. The van der Waals surface area contributed by atoms with Crippen LogP contribution in [0, 0.1) is 0 Å². The molecule has 0 amide bonds. The second-order valence-corrected chi connectivity index (χ2v) is 3.25. The van der Waals surface area contributed by atoms with Gasteiger partial charge in [0.25, 0.3) is 0 Å². The van der Waals surface area contributed by atoms with Crippen molar-refractivity contribution in [3.63, 3.8) is 0 Å². The predicted octanol–water partition coefficient (Wildman–Crippen LogP) is -1.77. The summed E-state index contributed by atoms with van der Waals surface area (Å²) in [5.74, 6) is -1.05. The molecule has 1 fully saturated rings. The number of carboxylic acid groups (broad SMARTS) is 1. The first-order valence-electron chi connectivity index (χ1n) is 3.44. The maximum Gasteiger partial charge on any atom is 0.320 e. The SMILES string of the molecule is N[C@@H](CC1NSNC1O)C(=O)O. The van der Waals surface area contributed by atoms with Crippen LogP contribution < -0.4 is 15.2 Å². The summed E-state index contributed by atoms with van der Waals surface area (Å²) in [4.78, 5) is 10.3. The van der Waals surface area contributed by atoms with Gasteiger partial charge in [-0.25, -0.2) is 9.44 Å². The van der Waals surface area contributed by atoms with Crippen LogP contribution in [0.2, 0.25) is 0 Å². The molecule has 70 valence electrons. The van der Waals surface area contributed by atoms with Crippen molar-refractivity contribution in [2.24, 2.45) is 5.73 Å². The summed E-state index contributed by atoms with van der Waals surface area (Å²) in [6.07, 6.45) is -0.531. The Hall–Kier alpha value is -0.340. The highest BCUT2D eigenvalue weighted by molar-refractivity contribution is 7.95. The molecule has 0 aromatic rings. The molecule has 1 aliphatic heterocycles. The van der Waals surface area contributed by atoms with Crippen molar-refractivity contribution >= 4 is 18.1 Å². The first-order chi connectivity index (χ1) is 5.61. The van der Waals surface area contributed by atoms with Gasteiger partial charge in [-0.1, -0.05) is 0 Å². The van der Waals surface area contributed by atoms with Crippen molar-refractivity contribution < 1.29 is 15.0 Å². The summed E-state index contributed by atoms with van der Waals surface area (Å²) < 4.78 is 5.43. The van der Waals surface area contributed by atoms with Crippen LogP contribution in [-0.2, 0) is 4.79 Å². The summed E-state index contributed by atoms with van der Waals surface area (Å²) in [7, 11) is 0. The van der Waals surface area contributed by atoms with Crippen LogP contribution in [0.4, 0.5) is 0 Å². The Morgan fingerprint density at radius 2 is 2.33 bits per heavy atom. The number of aliphatic carboxylic acids is 1. The minimum atomic E-state index is -1.05. The number of carbonyl (C=O) groups is 1. The van der Waals surface area contributed by atoms with Crippen molar-refractivity contribution in [1.82, 2.24) is 9.44 Å². The Kier molecular flexibility index (Phi) is 3.29. The van der Waals surface area contributed by atoms with Crippen LogP contribution in [0.15, 0.2) is 0 Å². The molecule has 0 spiro atoms. The number of hydrogen-bond acceptors (Lipinski definition) is 6. The van der Waals surface area contributed by atoms with E-state index in [1.165, 1.54) is 0 Å². The Morgan fingerprint density at radius 3 is 2.75 bits per heavy atom. The molecule has 1 heterocycles. The fourth-order valence-electron chi connectivity index (χ4n) is 0.868. The fraction of sp³-hybridized carbons (Fsp3) is 0.800. The molecular formula is C5H11N3O3S. The molecule has 0 bridgehead atoms. The van der Waals surface area contributed by atoms with Crippen molar-refractivity contribution in [1.29, 1.82) is 0 Å². The van der Waals surface area contributed by atoms with Crippen molar-refractivity contribution in [3.05, 3.63) is 0 Å². The van der Waals surface area contributed by atoms with E-state index in [0.29, 0.717) is 0 Å². The van der Waals surface area contributed by atoms with E-state index in [2.05, 4.69) is 9.44 Å². The highest BCUT2D eigenvalue weighted by Gasteiger charge is 2.28. The quantitative estimate of drug-likeness (QED) is 0.338. The molecule has 0 radical (unpaired) electrons. The van der Waals surface area contributed by atoms with Crippen molar-refractivity contribution in [2.75, 3.05) is 0 Å². The molecule has 6 N–H and O–H groups in total. The number of aliphatic hydroxyl groups is 1. The number of nitrogens with one attached hydrogen (secondary N) is 2. The van der Waals surface area contributed by atoms with Crippen molar-refractivity contribution in [3.8, 4) is 0 Å². The maximum absolute atomic E-state index is 10.3. The van der Waals surface area contributed by atoms with E-state index in [9.17, 15) is 9.90 Å². The summed E-state index contributed by atoms with van der Waals surface area (Å²) in [6, 6.07) is -1.24. The van der Waals surface area contributed by atoms with E-state index in [0.717, 1.165) is 12.1 Å². The summed E-state index contributed by atoms with van der Waals surface area (Å²) >= 11 is 1.15. The lowest BCUT2D eigenvalue weighted by molar-refractivity contribution is -0.138. The minimum absolute atomic E-state index is 0.205. The number of aliphatic hydroxyl groups excluding tert-OH is 1. The predicted molar refractivity (Wildman–Crippen MR) is 43.9 cm³/mol. The number of nitrogens with two attached hydrogens (primary N) is 1. The Morgan fingerprint density at radius 1 is 1.67 bits per heavy atom. The van der Waals surface area contributed by atoms with Crippen LogP contribution in [-0.4, -0.2) is 34.5 Å². The lowest BCUT2D eigenvalue weighted by Crippen LogP contribution is -2.42. The zero-order chi connectivity index (χ0) is 9.14. The van der Waals surface area contributed by atoms with E-state index in [-0.39, 0.29) is 12.5 Å². The summed E-state index contributed by atoms with van der Waals surface area (Å²) in [5, 5.41) is 17.6. The van der Waals surface area contributed by atoms with Gasteiger partial charge in [0.15, 0.2) is 0 Å².